The normalized spacial score (nSPS) is 12.8. The van der Waals surface area contributed by atoms with E-state index in [-0.39, 0.29) is 12.5 Å². The number of ether oxygens (including phenoxy) is 2. The van der Waals surface area contributed by atoms with Crippen LogP contribution >= 0.6 is 0 Å². The molecule has 0 saturated carbocycles. The molecule has 2 aromatic carbocycles. The lowest BCUT2D eigenvalue weighted by Gasteiger charge is -2.06. The highest BCUT2D eigenvalue weighted by Crippen LogP contribution is 2.37. The maximum absolute atomic E-state index is 11.7. The molecule has 0 fully saturated rings. The number of aromatic nitrogens is 2. The van der Waals surface area contributed by atoms with Gasteiger partial charge >= 0.3 is 5.69 Å². The number of H-pyrrole nitrogens is 1. The summed E-state index contributed by atoms with van der Waals surface area (Å²) in [5, 5.41) is 0.833. The fraction of sp³-hybridized carbons (Fsp3) is 0.0667. The number of hydrogen-bond donors (Lipinski definition) is 1. The monoisotopic (exact) mass is 266 g/mol. The van der Waals surface area contributed by atoms with E-state index in [1.807, 2.05) is 36.4 Å². The first-order valence-corrected chi connectivity index (χ1v) is 6.20. The van der Waals surface area contributed by atoms with E-state index in [4.69, 9.17) is 9.47 Å². The molecule has 0 aliphatic carbocycles. The predicted molar refractivity (Wildman–Crippen MR) is 73.9 cm³/mol. The molecule has 1 aliphatic heterocycles. The standard InChI is InChI=1S/C15H10N2O3/c18-15-16-11-7-13-12(19-8-20-13)6-10(11)14(17-15)9-4-2-1-3-5-9/h1-7H,8H2,(H,16,17,18). The molecule has 3 aromatic rings. The van der Waals surface area contributed by atoms with Crippen molar-refractivity contribution in [3.63, 3.8) is 0 Å². The molecule has 4 rings (SSSR count). The largest absolute Gasteiger partial charge is 0.454 e. The van der Waals surface area contributed by atoms with Gasteiger partial charge in [-0.3, -0.25) is 0 Å². The summed E-state index contributed by atoms with van der Waals surface area (Å²) >= 11 is 0. The van der Waals surface area contributed by atoms with Crippen LogP contribution in [0.2, 0.25) is 0 Å². The lowest BCUT2D eigenvalue weighted by atomic mass is 10.1. The third-order valence-electron chi connectivity index (χ3n) is 3.27. The van der Waals surface area contributed by atoms with Crippen LogP contribution in [0.15, 0.2) is 47.3 Å². The van der Waals surface area contributed by atoms with Gasteiger partial charge < -0.3 is 14.5 Å². The summed E-state index contributed by atoms with van der Waals surface area (Å²) in [6.07, 6.45) is 0. The zero-order valence-electron chi connectivity index (χ0n) is 10.4. The van der Waals surface area contributed by atoms with Crippen molar-refractivity contribution in [3.8, 4) is 22.8 Å². The number of hydrogen-bond acceptors (Lipinski definition) is 4. The molecule has 0 amide bonds. The van der Waals surface area contributed by atoms with E-state index in [0.717, 1.165) is 10.9 Å². The molecule has 2 heterocycles. The van der Waals surface area contributed by atoms with Gasteiger partial charge in [0.05, 0.1) is 11.2 Å². The predicted octanol–water partition coefficient (Wildman–Crippen LogP) is 2.32. The fourth-order valence-electron chi connectivity index (χ4n) is 2.36. The molecule has 1 aromatic heterocycles. The SMILES string of the molecule is O=c1nc(-c2ccccc2)c2cc3c(cc2[nH]1)OCO3. The number of aromatic amines is 1. The summed E-state index contributed by atoms with van der Waals surface area (Å²) in [5.41, 5.74) is 1.84. The Balaban J connectivity index is 2.08. The lowest BCUT2D eigenvalue weighted by Crippen LogP contribution is -2.11. The van der Waals surface area contributed by atoms with Gasteiger partial charge in [0.15, 0.2) is 11.5 Å². The molecule has 0 radical (unpaired) electrons. The van der Waals surface area contributed by atoms with E-state index in [1.54, 1.807) is 6.07 Å². The van der Waals surface area contributed by atoms with E-state index in [0.29, 0.717) is 22.7 Å². The Kier molecular flexibility index (Phi) is 2.26. The van der Waals surface area contributed by atoms with Crippen LogP contribution in [0, 0.1) is 0 Å². The molecule has 5 heteroatoms. The highest BCUT2D eigenvalue weighted by molar-refractivity contribution is 5.94. The summed E-state index contributed by atoms with van der Waals surface area (Å²) in [6, 6.07) is 13.2. The molecule has 0 spiro atoms. The van der Waals surface area contributed by atoms with Gasteiger partial charge in [-0.1, -0.05) is 30.3 Å². The van der Waals surface area contributed by atoms with Crippen LogP contribution in [0.1, 0.15) is 0 Å². The number of nitrogens with one attached hydrogen (secondary N) is 1. The zero-order valence-corrected chi connectivity index (χ0v) is 10.4. The van der Waals surface area contributed by atoms with Crippen molar-refractivity contribution in [2.45, 2.75) is 0 Å². The number of rotatable bonds is 1. The van der Waals surface area contributed by atoms with E-state index in [1.165, 1.54) is 0 Å². The summed E-state index contributed by atoms with van der Waals surface area (Å²) in [5.74, 6) is 1.31. The number of benzene rings is 2. The molecular formula is C15H10N2O3. The van der Waals surface area contributed by atoms with Gasteiger partial charge in [0, 0.05) is 17.0 Å². The van der Waals surface area contributed by atoms with Crippen molar-refractivity contribution >= 4 is 10.9 Å². The first kappa shape index (κ1) is 11.0. The topological polar surface area (TPSA) is 64.2 Å². The summed E-state index contributed by atoms with van der Waals surface area (Å²) in [6.45, 7) is 0.198. The van der Waals surface area contributed by atoms with Crippen LogP contribution in [-0.4, -0.2) is 16.8 Å². The van der Waals surface area contributed by atoms with Crippen LogP contribution in [0.25, 0.3) is 22.2 Å². The van der Waals surface area contributed by atoms with Crippen molar-refractivity contribution < 1.29 is 9.47 Å². The molecule has 0 unspecified atom stereocenters. The summed E-state index contributed by atoms with van der Waals surface area (Å²) in [4.78, 5) is 18.6. The Bertz CT molecular complexity index is 856. The average molecular weight is 266 g/mol. The van der Waals surface area contributed by atoms with Crippen LogP contribution in [-0.2, 0) is 0 Å². The van der Waals surface area contributed by atoms with Gasteiger partial charge in [-0.2, -0.15) is 4.98 Å². The number of fused-ring (bicyclic) bond motifs is 2. The fourth-order valence-corrected chi connectivity index (χ4v) is 2.36. The first-order valence-electron chi connectivity index (χ1n) is 6.20. The minimum atomic E-state index is -0.379. The summed E-state index contributed by atoms with van der Waals surface area (Å²) in [7, 11) is 0. The third-order valence-corrected chi connectivity index (χ3v) is 3.27. The molecular weight excluding hydrogens is 256 g/mol. The van der Waals surface area contributed by atoms with Gasteiger partial charge in [-0.05, 0) is 6.07 Å². The van der Waals surface area contributed by atoms with Crippen molar-refractivity contribution in [2.75, 3.05) is 6.79 Å². The van der Waals surface area contributed by atoms with Crippen molar-refractivity contribution in [3.05, 3.63) is 52.9 Å². The molecule has 20 heavy (non-hydrogen) atoms. The Labute approximate surface area is 113 Å². The Morgan fingerprint density at radius 2 is 1.80 bits per heavy atom. The molecule has 5 nitrogen and oxygen atoms in total. The molecule has 1 aliphatic rings. The maximum atomic E-state index is 11.7. The average Bonchev–Trinajstić information content (AvgIpc) is 2.92. The molecule has 0 saturated heterocycles. The zero-order chi connectivity index (χ0) is 13.5. The van der Waals surface area contributed by atoms with Crippen LogP contribution in [0.4, 0.5) is 0 Å². The van der Waals surface area contributed by atoms with Gasteiger partial charge in [-0.15, -0.1) is 0 Å². The van der Waals surface area contributed by atoms with Gasteiger partial charge in [0.1, 0.15) is 0 Å². The van der Waals surface area contributed by atoms with Gasteiger partial charge in [0.25, 0.3) is 0 Å². The second kappa shape index (κ2) is 4.09. The van der Waals surface area contributed by atoms with Crippen molar-refractivity contribution in [1.29, 1.82) is 0 Å². The smallest absolute Gasteiger partial charge is 0.345 e. The number of nitrogens with zero attached hydrogens (tertiary/aromatic N) is 1. The van der Waals surface area contributed by atoms with Crippen LogP contribution in [0.5, 0.6) is 11.5 Å². The van der Waals surface area contributed by atoms with E-state index >= 15 is 0 Å². The molecule has 0 atom stereocenters. The first-order chi connectivity index (χ1) is 9.81. The quantitative estimate of drug-likeness (QED) is 0.734. The third kappa shape index (κ3) is 1.64. The van der Waals surface area contributed by atoms with Crippen molar-refractivity contribution in [1.82, 2.24) is 9.97 Å². The molecule has 0 bridgehead atoms. The Morgan fingerprint density at radius 1 is 1.05 bits per heavy atom. The Morgan fingerprint density at radius 3 is 2.60 bits per heavy atom. The van der Waals surface area contributed by atoms with Gasteiger partial charge in [-0.25, -0.2) is 4.79 Å². The molecule has 98 valence electrons. The second-order valence-corrected chi connectivity index (χ2v) is 4.51. The highest BCUT2D eigenvalue weighted by atomic mass is 16.7. The second-order valence-electron chi connectivity index (χ2n) is 4.51. The van der Waals surface area contributed by atoms with E-state index < -0.39 is 0 Å². The maximum Gasteiger partial charge on any atom is 0.345 e. The van der Waals surface area contributed by atoms with Crippen molar-refractivity contribution in [2.24, 2.45) is 0 Å². The van der Waals surface area contributed by atoms with E-state index in [9.17, 15) is 4.79 Å². The van der Waals surface area contributed by atoms with Crippen LogP contribution in [0.3, 0.4) is 0 Å². The van der Waals surface area contributed by atoms with E-state index in [2.05, 4.69) is 9.97 Å². The highest BCUT2D eigenvalue weighted by Gasteiger charge is 2.17. The Hall–Kier alpha value is -2.82. The minimum Gasteiger partial charge on any atom is -0.454 e. The minimum absolute atomic E-state index is 0.198. The van der Waals surface area contributed by atoms with Crippen LogP contribution < -0.4 is 15.2 Å². The summed E-state index contributed by atoms with van der Waals surface area (Å²) < 4.78 is 10.7. The lowest BCUT2D eigenvalue weighted by molar-refractivity contribution is 0.174. The molecule has 1 N–H and O–H groups in total. The van der Waals surface area contributed by atoms with Gasteiger partial charge in [0.2, 0.25) is 6.79 Å².